The summed E-state index contributed by atoms with van der Waals surface area (Å²) >= 11 is 0. The van der Waals surface area contributed by atoms with Crippen LogP contribution in [0.3, 0.4) is 0 Å². The van der Waals surface area contributed by atoms with Crippen molar-refractivity contribution in [1.82, 2.24) is 52.2 Å². The predicted octanol–water partition coefficient (Wildman–Crippen LogP) is 1.31. The van der Waals surface area contributed by atoms with E-state index in [1.165, 1.54) is 36.8 Å². The molecule has 13 N–H and O–H groups in total. The first-order valence-electron chi connectivity index (χ1n) is 23.7. The number of unbranched alkanes of at least 4 members (excludes halogenated alkanes) is 3. The van der Waals surface area contributed by atoms with Crippen molar-refractivity contribution in [3.63, 3.8) is 0 Å². The Labute approximate surface area is 400 Å². The number of amides is 7. The molecule has 1 aliphatic heterocycles. The fourth-order valence-corrected chi connectivity index (χ4v) is 7.91. The highest BCUT2D eigenvalue weighted by atomic mass is 19.1. The van der Waals surface area contributed by atoms with Gasteiger partial charge in [0, 0.05) is 80.7 Å². The summed E-state index contributed by atoms with van der Waals surface area (Å²) < 4.78 is 14.1. The third-order valence-electron chi connectivity index (χ3n) is 11.7. The summed E-state index contributed by atoms with van der Waals surface area (Å²) in [6.45, 7) is 2.63. The van der Waals surface area contributed by atoms with E-state index in [-0.39, 0.29) is 82.9 Å². The molecule has 69 heavy (non-hydrogen) atoms. The number of aliphatic imine (C=N–C) groups is 1. The number of H-pyrrole nitrogens is 2. The lowest BCUT2D eigenvalue weighted by molar-refractivity contribution is -0.135. The van der Waals surface area contributed by atoms with Crippen molar-refractivity contribution in [2.75, 3.05) is 19.6 Å². The average Bonchev–Trinajstić information content (AvgIpc) is 4.00. The largest absolute Gasteiger partial charge is 0.370 e. The quantitative estimate of drug-likeness (QED) is 0.0435. The van der Waals surface area contributed by atoms with Crippen molar-refractivity contribution < 1.29 is 38.0 Å². The molecule has 21 heteroatoms. The summed E-state index contributed by atoms with van der Waals surface area (Å²) in [4.78, 5) is 112. The molecule has 1 saturated heterocycles. The number of halogens is 1. The minimum Gasteiger partial charge on any atom is -0.370 e. The Hall–Kier alpha value is -7.32. The van der Waals surface area contributed by atoms with E-state index >= 15 is 0 Å². The Kier molecular flexibility index (Phi) is 21.0. The number of imidazole rings is 1. The van der Waals surface area contributed by atoms with Gasteiger partial charge in [-0.25, -0.2) is 9.37 Å². The molecule has 0 spiro atoms. The third kappa shape index (κ3) is 17.7. The lowest BCUT2D eigenvalue weighted by atomic mass is 10.0. The highest BCUT2D eigenvalue weighted by Gasteiger charge is 2.33. The average molecular weight is 956 g/mol. The van der Waals surface area contributed by atoms with Crippen molar-refractivity contribution >= 4 is 58.2 Å². The van der Waals surface area contributed by atoms with Gasteiger partial charge < -0.3 is 58.7 Å². The number of nitrogens with one attached hydrogen (secondary N) is 9. The van der Waals surface area contributed by atoms with Crippen LogP contribution in [0.25, 0.3) is 10.9 Å². The first kappa shape index (κ1) is 52.6. The smallest absolute Gasteiger partial charge is 0.243 e. The molecule has 0 bridgehead atoms. The maximum atomic E-state index is 14.6. The fraction of sp³-hybridized carbons (Fsp3) is 0.479. The third-order valence-corrected chi connectivity index (χ3v) is 11.7. The lowest BCUT2D eigenvalue weighted by Gasteiger charge is -2.27. The van der Waals surface area contributed by atoms with E-state index in [4.69, 9.17) is 11.5 Å². The van der Waals surface area contributed by atoms with Crippen LogP contribution < -0.4 is 48.7 Å². The normalized spacial score (nSPS) is 20.6. The Morgan fingerprint density at radius 3 is 2.13 bits per heavy atom. The molecule has 3 heterocycles. The summed E-state index contributed by atoms with van der Waals surface area (Å²) in [7, 11) is 0. The zero-order valence-electron chi connectivity index (χ0n) is 39.0. The van der Waals surface area contributed by atoms with Crippen LogP contribution >= 0.6 is 0 Å². The van der Waals surface area contributed by atoms with Gasteiger partial charge in [0.2, 0.25) is 41.4 Å². The molecule has 7 amide bonds. The van der Waals surface area contributed by atoms with Gasteiger partial charge in [-0.15, -0.1) is 0 Å². The number of fused-ring (bicyclic) bond motifs is 1. The summed E-state index contributed by atoms with van der Waals surface area (Å²) in [6.07, 6.45) is 8.82. The summed E-state index contributed by atoms with van der Waals surface area (Å²) in [6, 6.07) is 6.43. The van der Waals surface area contributed by atoms with E-state index in [0.29, 0.717) is 30.5 Å². The number of carbonyl (C=O) groups is 7. The first-order valence-corrected chi connectivity index (χ1v) is 23.7. The molecule has 1 fully saturated rings. The van der Waals surface area contributed by atoms with Gasteiger partial charge in [0.15, 0.2) is 5.96 Å². The van der Waals surface area contributed by atoms with Crippen molar-refractivity contribution in [2.45, 2.75) is 127 Å². The summed E-state index contributed by atoms with van der Waals surface area (Å²) in [5, 5.41) is 20.4. The van der Waals surface area contributed by atoms with Gasteiger partial charge in [-0.3, -0.25) is 38.6 Å². The number of hydrogen-bond donors (Lipinski definition) is 11. The van der Waals surface area contributed by atoms with Crippen LogP contribution in [0.5, 0.6) is 0 Å². The Morgan fingerprint density at radius 2 is 1.42 bits per heavy atom. The molecule has 0 unspecified atom stereocenters. The number of aromatic amines is 2. The van der Waals surface area contributed by atoms with Gasteiger partial charge in [-0.05, 0) is 67.9 Å². The van der Waals surface area contributed by atoms with Gasteiger partial charge in [-0.2, -0.15) is 0 Å². The number of guanidine groups is 1. The molecule has 0 aliphatic carbocycles. The minimum absolute atomic E-state index is 0.00291. The maximum absolute atomic E-state index is 14.6. The Balaban J connectivity index is 1.49. The number of rotatable bonds is 16. The number of carbonyl (C=O) groups excluding carboxylic acids is 7. The van der Waals surface area contributed by atoms with Crippen molar-refractivity contribution in [1.29, 1.82) is 0 Å². The van der Waals surface area contributed by atoms with E-state index in [2.05, 4.69) is 57.2 Å². The van der Waals surface area contributed by atoms with Gasteiger partial charge in [0.05, 0.1) is 6.33 Å². The second-order valence-electron chi connectivity index (χ2n) is 17.2. The molecule has 20 nitrogen and oxygen atoms in total. The molecule has 372 valence electrons. The van der Waals surface area contributed by atoms with Crippen LogP contribution in [0.1, 0.15) is 94.4 Å². The Bertz CT molecular complexity index is 2350. The van der Waals surface area contributed by atoms with Gasteiger partial charge in [-0.1, -0.05) is 56.5 Å². The predicted molar refractivity (Wildman–Crippen MR) is 257 cm³/mol. The van der Waals surface area contributed by atoms with Crippen LogP contribution in [-0.4, -0.2) is 112 Å². The van der Waals surface area contributed by atoms with Gasteiger partial charge in [0.25, 0.3) is 0 Å². The van der Waals surface area contributed by atoms with Crippen molar-refractivity contribution in [3.8, 4) is 0 Å². The number of benzene rings is 2. The molecular formula is C48H66FN13O7. The molecule has 5 rings (SSSR count). The molecule has 0 saturated carbocycles. The second-order valence-corrected chi connectivity index (χ2v) is 17.2. The molecule has 0 radical (unpaired) electrons. The molecule has 2 aromatic carbocycles. The number of nitrogens with zero attached hydrogens (tertiary/aromatic N) is 2. The monoisotopic (exact) mass is 956 g/mol. The summed E-state index contributed by atoms with van der Waals surface area (Å²) in [5.74, 6) is -5.02. The standard InChI is InChI=1S/C48H66FN13O7/c1-2-3-4-5-14-42(64)58-37-19-20-41(63)53-21-8-9-22-54-43(65)39(25-31-27-56-35-12-7-6-11-34(31)35)61-44(66)36(13-10-23-55-48(50)51)59-46(68)38(24-30-15-17-32(49)18-16-30)60-47(69)40(62-45(37)67)26-33-28-52-29-57-33/h6-7,11-12,15-18,27-29,36-40,56H,2-5,8-10,13-14,19-26H2,1H3,(H,52,57)(H,53,63)(H,54,65)(H,58,64)(H,59,68)(H,60,69)(H,61,66)(H,62,67)(H4,50,51,55)/t36-,37-,38+,39-,40-/m0/s1. The number of hydrogen-bond acceptors (Lipinski definition) is 9. The second kappa shape index (κ2) is 27.5. The minimum atomic E-state index is -1.41. The van der Waals surface area contributed by atoms with Crippen LogP contribution in [0.15, 0.2) is 72.2 Å². The molecular weight excluding hydrogens is 890 g/mol. The maximum Gasteiger partial charge on any atom is 0.243 e. The fourth-order valence-electron chi connectivity index (χ4n) is 7.91. The van der Waals surface area contributed by atoms with Crippen LogP contribution in [0, 0.1) is 5.82 Å². The zero-order chi connectivity index (χ0) is 49.5. The number of aromatic nitrogens is 3. The SMILES string of the molecule is CCCCCCC(=O)N[C@H]1CCC(=O)NCCCCNC(=O)[C@H](Cc2c[nH]c3ccccc23)NC(=O)[C@H](CCCN=C(N)N)NC(=O)[C@@H](Cc2ccc(F)cc2)NC(=O)[C@H](Cc2cnc[nH]2)NC1=O. The molecule has 5 atom stereocenters. The highest BCUT2D eigenvalue weighted by molar-refractivity contribution is 5.97. The molecule has 2 aromatic heterocycles. The number of nitrogens with two attached hydrogens (primary N) is 2. The highest BCUT2D eigenvalue weighted by Crippen LogP contribution is 2.20. The van der Waals surface area contributed by atoms with E-state index in [1.54, 1.807) is 6.20 Å². The van der Waals surface area contributed by atoms with Crippen molar-refractivity contribution in [3.05, 3.63) is 89.9 Å². The van der Waals surface area contributed by atoms with E-state index in [9.17, 15) is 38.0 Å². The summed E-state index contributed by atoms with van der Waals surface area (Å²) in [5.41, 5.74) is 13.6. The molecule has 1 aliphatic rings. The number of para-hydroxylation sites is 1. The topological polar surface area (TPSA) is 313 Å². The Morgan fingerprint density at radius 1 is 0.754 bits per heavy atom. The molecule has 4 aromatic rings. The van der Waals surface area contributed by atoms with Crippen LogP contribution in [-0.2, 0) is 52.8 Å². The van der Waals surface area contributed by atoms with E-state index < -0.39 is 71.5 Å². The van der Waals surface area contributed by atoms with Crippen LogP contribution in [0.4, 0.5) is 4.39 Å². The van der Waals surface area contributed by atoms with E-state index in [1.807, 2.05) is 31.2 Å². The first-order chi connectivity index (χ1) is 33.3. The zero-order valence-corrected chi connectivity index (χ0v) is 39.0. The van der Waals surface area contributed by atoms with Crippen LogP contribution in [0.2, 0.25) is 0 Å². The van der Waals surface area contributed by atoms with E-state index in [0.717, 1.165) is 35.7 Å². The lowest BCUT2D eigenvalue weighted by Crippen LogP contribution is -2.60. The van der Waals surface area contributed by atoms with Gasteiger partial charge >= 0.3 is 0 Å². The van der Waals surface area contributed by atoms with Crippen molar-refractivity contribution in [2.24, 2.45) is 16.5 Å². The van der Waals surface area contributed by atoms with Gasteiger partial charge in [0.1, 0.15) is 36.0 Å².